The van der Waals surface area contributed by atoms with Crippen LogP contribution in [-0.2, 0) is 4.79 Å². The van der Waals surface area contributed by atoms with Gasteiger partial charge in [0.05, 0.1) is 11.4 Å². The van der Waals surface area contributed by atoms with Crippen LogP contribution in [0.4, 0.5) is 0 Å². The maximum atomic E-state index is 12.1. The van der Waals surface area contributed by atoms with Gasteiger partial charge in [-0.15, -0.1) is 5.10 Å². The highest BCUT2D eigenvalue weighted by Crippen LogP contribution is 2.25. The fourth-order valence-electron chi connectivity index (χ4n) is 2.94. The van der Waals surface area contributed by atoms with Gasteiger partial charge in [-0.2, -0.15) is 0 Å². The summed E-state index contributed by atoms with van der Waals surface area (Å²) < 4.78 is 3.31. The van der Waals surface area contributed by atoms with E-state index in [0.717, 1.165) is 28.6 Å². The van der Waals surface area contributed by atoms with Gasteiger partial charge in [0, 0.05) is 6.54 Å². The largest absolute Gasteiger partial charge is 0.355 e. The molecular formula is C19H23N3OS3. The first kappa shape index (κ1) is 19.3. The van der Waals surface area contributed by atoms with Crippen molar-refractivity contribution in [2.75, 3.05) is 12.3 Å². The minimum atomic E-state index is 0.0509. The predicted octanol–water partition coefficient (Wildman–Crippen LogP) is 5.07. The summed E-state index contributed by atoms with van der Waals surface area (Å²) >= 11 is 8.33. The Kier molecular flexibility index (Phi) is 7.05. The summed E-state index contributed by atoms with van der Waals surface area (Å²) in [7, 11) is 0. The summed E-state index contributed by atoms with van der Waals surface area (Å²) in [5.74, 6) is 0.421. The monoisotopic (exact) mass is 405 g/mol. The molecule has 1 aliphatic carbocycles. The molecule has 0 radical (unpaired) electrons. The van der Waals surface area contributed by atoms with E-state index < -0.39 is 0 Å². The standard InChI is InChI=1S/C19H23N3OS3/c1-14-7-5-6-10-16(14)22-19(24)26-18(21-22)25-13-17(23)20-12-11-15-8-3-2-4-9-15/h5-8,10H,2-4,9,11-13H2,1H3,(H,20,23). The zero-order valence-corrected chi connectivity index (χ0v) is 17.3. The molecule has 2 aromatic rings. The van der Waals surface area contributed by atoms with Crippen LogP contribution >= 0.6 is 35.3 Å². The summed E-state index contributed by atoms with van der Waals surface area (Å²) in [5, 5.41) is 7.58. The van der Waals surface area contributed by atoms with E-state index in [-0.39, 0.29) is 5.91 Å². The molecule has 0 aliphatic heterocycles. The van der Waals surface area contributed by atoms with Crippen molar-refractivity contribution in [1.29, 1.82) is 0 Å². The zero-order valence-electron chi connectivity index (χ0n) is 14.9. The van der Waals surface area contributed by atoms with Crippen LogP contribution < -0.4 is 5.32 Å². The molecule has 0 saturated heterocycles. The van der Waals surface area contributed by atoms with Gasteiger partial charge in [-0.3, -0.25) is 4.79 Å². The highest BCUT2D eigenvalue weighted by Gasteiger charge is 2.11. The molecule has 1 aromatic heterocycles. The Morgan fingerprint density at radius 2 is 2.23 bits per heavy atom. The number of benzene rings is 1. The highest BCUT2D eigenvalue weighted by molar-refractivity contribution is 8.01. The number of nitrogens with zero attached hydrogens (tertiary/aromatic N) is 2. The maximum absolute atomic E-state index is 12.1. The number of para-hydroxylation sites is 1. The number of carbonyl (C=O) groups excluding carboxylic acids is 1. The molecule has 3 rings (SSSR count). The van der Waals surface area contributed by atoms with Crippen molar-refractivity contribution in [1.82, 2.24) is 15.1 Å². The van der Waals surface area contributed by atoms with Crippen LogP contribution in [0.25, 0.3) is 5.69 Å². The van der Waals surface area contributed by atoms with Crippen LogP contribution in [0.1, 0.15) is 37.7 Å². The van der Waals surface area contributed by atoms with Crippen LogP contribution in [0.15, 0.2) is 40.3 Å². The smallest absolute Gasteiger partial charge is 0.230 e. The zero-order chi connectivity index (χ0) is 18.4. The molecule has 26 heavy (non-hydrogen) atoms. The molecule has 0 saturated carbocycles. The number of nitrogens with one attached hydrogen (secondary N) is 1. The van der Waals surface area contributed by atoms with Crippen LogP contribution in [-0.4, -0.2) is 28.0 Å². The van der Waals surface area contributed by atoms with Crippen molar-refractivity contribution >= 4 is 41.2 Å². The van der Waals surface area contributed by atoms with Crippen molar-refractivity contribution in [3.05, 3.63) is 45.4 Å². The summed E-state index contributed by atoms with van der Waals surface area (Å²) in [6.45, 7) is 2.76. The first-order chi connectivity index (χ1) is 12.6. The summed E-state index contributed by atoms with van der Waals surface area (Å²) in [6.07, 6.45) is 8.25. The molecule has 1 amide bonds. The van der Waals surface area contributed by atoms with E-state index >= 15 is 0 Å². The molecule has 1 aliphatic rings. The lowest BCUT2D eigenvalue weighted by molar-refractivity contribution is -0.118. The summed E-state index contributed by atoms with van der Waals surface area (Å²) in [4.78, 5) is 12.1. The van der Waals surface area contributed by atoms with Crippen LogP contribution in [0.5, 0.6) is 0 Å². The number of amides is 1. The van der Waals surface area contributed by atoms with Gasteiger partial charge in [-0.25, -0.2) is 4.68 Å². The van der Waals surface area contributed by atoms with Crippen molar-refractivity contribution in [3.63, 3.8) is 0 Å². The molecule has 1 aromatic carbocycles. The molecular weight excluding hydrogens is 382 g/mol. The lowest BCUT2D eigenvalue weighted by atomic mass is 9.97. The van der Waals surface area contributed by atoms with Gasteiger partial charge in [0.1, 0.15) is 0 Å². The third-order valence-electron chi connectivity index (χ3n) is 4.35. The molecule has 138 valence electrons. The van der Waals surface area contributed by atoms with Gasteiger partial charge in [0.2, 0.25) is 5.91 Å². The fraction of sp³-hybridized carbons (Fsp3) is 0.421. The minimum absolute atomic E-state index is 0.0509. The molecule has 7 heteroatoms. The topological polar surface area (TPSA) is 46.9 Å². The second kappa shape index (κ2) is 9.48. The van der Waals surface area contributed by atoms with Crippen molar-refractivity contribution in [3.8, 4) is 5.69 Å². The lowest BCUT2D eigenvalue weighted by Gasteiger charge is -2.12. The summed E-state index contributed by atoms with van der Waals surface area (Å²) in [6, 6.07) is 8.02. The molecule has 0 atom stereocenters. The Morgan fingerprint density at radius 3 is 3.00 bits per heavy atom. The second-order valence-corrected chi connectivity index (χ2v) is 9.17. The third kappa shape index (κ3) is 5.28. The van der Waals surface area contributed by atoms with Crippen LogP contribution in [0, 0.1) is 10.9 Å². The average Bonchev–Trinajstić information content (AvgIpc) is 3.02. The van der Waals surface area contributed by atoms with E-state index in [1.54, 1.807) is 4.68 Å². The first-order valence-corrected chi connectivity index (χ1v) is 11.1. The molecule has 1 N–H and O–H groups in total. The van der Waals surface area contributed by atoms with Crippen molar-refractivity contribution in [2.24, 2.45) is 0 Å². The lowest BCUT2D eigenvalue weighted by Crippen LogP contribution is -2.26. The van der Waals surface area contributed by atoms with Crippen LogP contribution in [0.3, 0.4) is 0 Å². The summed E-state index contributed by atoms with van der Waals surface area (Å²) in [5.41, 5.74) is 3.60. The fourth-order valence-corrected chi connectivity index (χ4v) is 5.12. The Bertz CT molecular complexity index is 854. The molecule has 4 nitrogen and oxygen atoms in total. The van der Waals surface area contributed by atoms with Crippen molar-refractivity contribution < 1.29 is 4.79 Å². The number of hydrogen-bond donors (Lipinski definition) is 1. The van der Waals surface area contributed by atoms with Gasteiger partial charge >= 0.3 is 0 Å². The number of hydrogen-bond acceptors (Lipinski definition) is 5. The Balaban J connectivity index is 1.50. The molecule has 0 fully saturated rings. The van der Waals surface area contributed by atoms with E-state index in [4.69, 9.17) is 12.2 Å². The quantitative estimate of drug-likeness (QED) is 0.397. The van der Waals surface area contributed by atoms with E-state index in [1.807, 2.05) is 31.2 Å². The number of thioether (sulfide) groups is 1. The third-order valence-corrected chi connectivity index (χ3v) is 6.72. The predicted molar refractivity (Wildman–Crippen MR) is 112 cm³/mol. The Labute approximate surface area is 167 Å². The average molecular weight is 406 g/mol. The number of aromatic nitrogens is 2. The van der Waals surface area contributed by atoms with Crippen LogP contribution in [0.2, 0.25) is 0 Å². The van der Waals surface area contributed by atoms with Gasteiger partial charge in [0.15, 0.2) is 8.29 Å². The molecule has 0 spiro atoms. The van der Waals surface area contributed by atoms with E-state index in [9.17, 15) is 4.79 Å². The van der Waals surface area contributed by atoms with Gasteiger partial charge in [-0.1, -0.05) is 52.9 Å². The van der Waals surface area contributed by atoms with Gasteiger partial charge < -0.3 is 5.32 Å². The SMILES string of the molecule is Cc1ccccc1-n1nc(SCC(=O)NCCC2=CCCCC2)sc1=S. The van der Waals surface area contributed by atoms with E-state index in [2.05, 4.69) is 16.5 Å². The Hall–Kier alpha value is -1.44. The van der Waals surface area contributed by atoms with Gasteiger partial charge in [-0.05, 0) is 62.9 Å². The normalized spacial score (nSPS) is 14.1. The van der Waals surface area contributed by atoms with Crippen molar-refractivity contribution in [2.45, 2.75) is 43.4 Å². The Morgan fingerprint density at radius 1 is 1.38 bits per heavy atom. The molecule has 0 unspecified atom stereocenters. The number of allylic oxidation sites excluding steroid dienone is 1. The number of carbonyl (C=O) groups is 1. The van der Waals surface area contributed by atoms with Gasteiger partial charge in [0.25, 0.3) is 0 Å². The van der Waals surface area contributed by atoms with E-state index in [1.165, 1.54) is 54.4 Å². The first-order valence-electron chi connectivity index (χ1n) is 8.87. The highest BCUT2D eigenvalue weighted by atomic mass is 32.2. The molecule has 0 bridgehead atoms. The van der Waals surface area contributed by atoms with E-state index in [0.29, 0.717) is 9.71 Å². The number of aryl methyl sites for hydroxylation is 1. The molecule has 1 heterocycles. The maximum Gasteiger partial charge on any atom is 0.230 e. The minimum Gasteiger partial charge on any atom is -0.355 e. The number of rotatable bonds is 7. The second-order valence-electron chi connectivity index (χ2n) is 6.33.